The molecule has 8 nitrogen and oxygen atoms in total. The van der Waals surface area contributed by atoms with Crippen LogP contribution in [-0.4, -0.2) is 22.6 Å². The van der Waals surface area contributed by atoms with Gasteiger partial charge in [-0.1, -0.05) is 65.9 Å². The number of anilines is 1. The second-order valence-corrected chi connectivity index (χ2v) is 13.1. The lowest BCUT2D eigenvalue weighted by Gasteiger charge is -2.25. The van der Waals surface area contributed by atoms with Crippen molar-refractivity contribution in [3.63, 3.8) is 0 Å². The van der Waals surface area contributed by atoms with Crippen molar-refractivity contribution < 1.29 is 18.3 Å². The minimum atomic E-state index is -2.77. The first kappa shape index (κ1) is 33.5. The highest BCUT2D eigenvalue weighted by molar-refractivity contribution is 7.98. The monoisotopic (exact) mass is 693 g/mol. The van der Waals surface area contributed by atoms with E-state index in [1.165, 1.54) is 24.5 Å². The molecule has 1 aliphatic rings. The van der Waals surface area contributed by atoms with E-state index >= 15 is 0 Å². The minimum absolute atomic E-state index is 0.210. The van der Waals surface area contributed by atoms with Gasteiger partial charge in [0.05, 0.1) is 34.5 Å². The van der Waals surface area contributed by atoms with Gasteiger partial charge in [0.15, 0.2) is 4.80 Å². The summed E-state index contributed by atoms with van der Waals surface area (Å²) in [6, 6.07) is 26.5. The number of methoxy groups -OCH3 is 1. The van der Waals surface area contributed by atoms with Crippen molar-refractivity contribution in [1.29, 1.82) is 5.26 Å². The summed E-state index contributed by atoms with van der Waals surface area (Å²) in [5, 5.41) is 12.8. The summed E-state index contributed by atoms with van der Waals surface area (Å²) in [6.45, 7) is 3.38. The number of fused-ring (bicyclic) bond motifs is 1. The van der Waals surface area contributed by atoms with Crippen LogP contribution in [0.3, 0.4) is 0 Å². The highest BCUT2D eigenvalue weighted by atomic mass is 32.2. The van der Waals surface area contributed by atoms with Crippen LogP contribution in [0.2, 0.25) is 0 Å². The van der Waals surface area contributed by atoms with E-state index in [-0.39, 0.29) is 33.5 Å². The van der Waals surface area contributed by atoms with Crippen molar-refractivity contribution in [2.75, 3.05) is 12.4 Å². The summed E-state index contributed by atoms with van der Waals surface area (Å²) in [5.74, 6) is 0.476. The molecule has 3 aromatic carbocycles. The van der Waals surface area contributed by atoms with Crippen molar-refractivity contribution in [2.45, 2.75) is 37.1 Å². The Balaban J connectivity index is 1.38. The lowest BCUT2D eigenvalue weighted by molar-refractivity contribution is -0.113. The number of aryl methyl sites for hydroxylation is 1. The molecule has 0 radical (unpaired) electrons. The van der Waals surface area contributed by atoms with Crippen LogP contribution in [0.1, 0.15) is 52.9 Å². The lowest BCUT2D eigenvalue weighted by Crippen LogP contribution is -2.40. The first-order chi connectivity index (χ1) is 23.7. The fourth-order valence-corrected chi connectivity index (χ4v) is 7.69. The molecule has 0 unspecified atom stereocenters. The van der Waals surface area contributed by atoms with E-state index in [0.29, 0.717) is 43.2 Å². The van der Waals surface area contributed by atoms with Crippen LogP contribution < -0.4 is 24.9 Å². The Morgan fingerprint density at radius 2 is 1.82 bits per heavy atom. The van der Waals surface area contributed by atoms with Crippen LogP contribution in [0.4, 0.5) is 14.5 Å². The average molecular weight is 694 g/mol. The normalized spacial score (nSPS) is 14.3. The molecule has 2 aromatic heterocycles. The van der Waals surface area contributed by atoms with Crippen LogP contribution >= 0.6 is 23.1 Å². The number of aromatic nitrogens is 2. The molecule has 3 heterocycles. The van der Waals surface area contributed by atoms with Gasteiger partial charge in [-0.25, -0.2) is 18.8 Å². The van der Waals surface area contributed by atoms with Gasteiger partial charge in [-0.05, 0) is 66.9 Å². The summed E-state index contributed by atoms with van der Waals surface area (Å²) in [4.78, 5) is 37.1. The molecule has 0 saturated heterocycles. The van der Waals surface area contributed by atoms with Crippen LogP contribution in [0.25, 0.3) is 6.08 Å². The third-order valence-electron chi connectivity index (χ3n) is 7.92. The number of thioether (sulfide) groups is 1. The van der Waals surface area contributed by atoms with Crippen molar-refractivity contribution in [3.05, 3.63) is 149 Å². The molecule has 246 valence electrons. The molecule has 5 aromatic rings. The number of carbonyl (C=O) groups excluding carboxylic acids is 1. The van der Waals surface area contributed by atoms with E-state index < -0.39 is 12.5 Å². The number of benzene rings is 3. The lowest BCUT2D eigenvalue weighted by atomic mass is 9.95. The predicted molar refractivity (Wildman–Crippen MR) is 186 cm³/mol. The molecular weight excluding hydrogens is 665 g/mol. The molecule has 0 spiro atoms. The first-order valence-electron chi connectivity index (χ1n) is 15.1. The van der Waals surface area contributed by atoms with E-state index in [4.69, 9.17) is 9.73 Å². The van der Waals surface area contributed by atoms with Gasteiger partial charge in [-0.3, -0.25) is 14.2 Å². The molecule has 1 N–H and O–H groups in total. The third-order valence-corrected chi connectivity index (χ3v) is 9.93. The summed E-state index contributed by atoms with van der Waals surface area (Å²) < 4.78 is 34.5. The molecule has 0 fully saturated rings. The van der Waals surface area contributed by atoms with Gasteiger partial charge in [0.25, 0.3) is 17.9 Å². The van der Waals surface area contributed by atoms with Gasteiger partial charge in [0.1, 0.15) is 22.5 Å². The zero-order chi connectivity index (χ0) is 34.7. The fourth-order valence-electron chi connectivity index (χ4n) is 5.60. The highest BCUT2D eigenvalue weighted by Crippen LogP contribution is 2.33. The van der Waals surface area contributed by atoms with Gasteiger partial charge >= 0.3 is 0 Å². The maximum Gasteiger partial charge on any atom is 0.280 e. The molecule has 1 aliphatic heterocycles. The van der Waals surface area contributed by atoms with Gasteiger partial charge in [0, 0.05) is 17.0 Å². The Morgan fingerprint density at radius 1 is 1.10 bits per heavy atom. The molecule has 6 rings (SSSR count). The molecule has 49 heavy (non-hydrogen) atoms. The molecule has 12 heteroatoms. The number of alkyl halides is 2. The maximum atomic E-state index is 14.1. The van der Waals surface area contributed by atoms with Crippen LogP contribution in [0, 0.1) is 18.3 Å². The number of allylic oxidation sites excluding steroid dienone is 1. The Labute approximate surface area is 288 Å². The van der Waals surface area contributed by atoms with Crippen molar-refractivity contribution in [2.24, 2.45) is 4.99 Å². The summed E-state index contributed by atoms with van der Waals surface area (Å²) in [7, 11) is 1.53. The SMILES string of the molecule is COc1ccc(/C=c2\sc3n(c2=O)[C@@H](c2ccccc2)C(C(=O)Nc2ccccc2)=C(C)N=3)cc1CSc1nc(C(F)F)cc(C)c1C#N. The average Bonchev–Trinajstić information content (AvgIpc) is 3.40. The number of hydrogen-bond acceptors (Lipinski definition) is 8. The van der Waals surface area contributed by atoms with Crippen molar-refractivity contribution >= 4 is 40.8 Å². The zero-order valence-corrected chi connectivity index (χ0v) is 28.2. The molecule has 1 atom stereocenters. The molecular formula is C37H29F2N5O3S2. The van der Waals surface area contributed by atoms with E-state index in [1.807, 2.05) is 60.7 Å². The number of nitriles is 1. The number of para-hydroxylation sites is 1. The Morgan fingerprint density at radius 3 is 2.49 bits per heavy atom. The van der Waals surface area contributed by atoms with Gasteiger partial charge in [-0.2, -0.15) is 5.26 Å². The number of halogens is 2. The number of amides is 1. The number of nitrogens with zero attached hydrogens (tertiary/aromatic N) is 4. The summed E-state index contributed by atoms with van der Waals surface area (Å²) in [6.07, 6.45) is -1.01. The Hall–Kier alpha value is -5.38. The Kier molecular flexibility index (Phi) is 9.85. The number of hydrogen-bond donors (Lipinski definition) is 1. The smallest absolute Gasteiger partial charge is 0.280 e. The second-order valence-electron chi connectivity index (χ2n) is 11.1. The van der Waals surface area contributed by atoms with Crippen LogP contribution in [0.15, 0.2) is 111 Å². The number of pyridine rings is 1. The topological polar surface area (TPSA) is 109 Å². The van der Waals surface area contributed by atoms with Crippen LogP contribution in [-0.2, 0) is 10.5 Å². The van der Waals surface area contributed by atoms with E-state index in [1.54, 1.807) is 42.7 Å². The third kappa shape index (κ3) is 6.95. The van der Waals surface area contributed by atoms with Crippen LogP contribution in [0.5, 0.6) is 5.75 Å². The molecule has 0 bridgehead atoms. The number of nitrogens with one attached hydrogen (secondary N) is 1. The van der Waals surface area contributed by atoms with E-state index in [2.05, 4.69) is 16.4 Å². The summed E-state index contributed by atoms with van der Waals surface area (Å²) >= 11 is 2.38. The van der Waals surface area contributed by atoms with Gasteiger partial charge in [-0.15, -0.1) is 11.8 Å². The quantitative estimate of drug-likeness (QED) is 0.173. The molecule has 0 saturated carbocycles. The number of rotatable bonds is 9. The molecule has 0 aliphatic carbocycles. The Bertz CT molecular complexity index is 2310. The largest absolute Gasteiger partial charge is 0.496 e. The highest BCUT2D eigenvalue weighted by Gasteiger charge is 2.32. The van der Waals surface area contributed by atoms with Gasteiger partial charge < -0.3 is 10.1 Å². The van der Waals surface area contributed by atoms with Crippen molar-refractivity contribution in [3.8, 4) is 11.8 Å². The van der Waals surface area contributed by atoms with E-state index in [9.17, 15) is 23.6 Å². The number of ether oxygens (including phenoxy) is 1. The number of carbonyl (C=O) groups is 1. The standard InChI is InChI=1S/C37H29F2N5O3S2/c1-21-16-28(33(38)39)43-35(27(21)19-40)48-20-25-17-23(14-15-29(25)47-3)18-30-36(46)44-32(24-10-6-4-7-11-24)31(22(2)41-37(44)49-30)34(45)42-26-12-8-5-9-13-26/h4-18,32-33H,20H2,1-3H3,(H,42,45)/b30-18-/t32-/m0/s1. The number of thiazole rings is 1. The van der Waals surface area contributed by atoms with Gasteiger partial charge in [0.2, 0.25) is 0 Å². The molecule has 1 amide bonds. The zero-order valence-electron chi connectivity index (χ0n) is 26.6. The minimum Gasteiger partial charge on any atom is -0.496 e. The van der Waals surface area contributed by atoms with E-state index in [0.717, 1.165) is 22.9 Å². The fraction of sp³-hybridized carbons (Fsp3) is 0.162. The van der Waals surface area contributed by atoms with Crippen molar-refractivity contribution in [1.82, 2.24) is 9.55 Å². The maximum absolute atomic E-state index is 14.1. The second kappa shape index (κ2) is 14.4. The summed E-state index contributed by atoms with van der Waals surface area (Å²) in [5.41, 5.74) is 3.67. The first-order valence-corrected chi connectivity index (χ1v) is 16.9. The predicted octanol–water partition coefficient (Wildman–Crippen LogP) is 6.69.